The third-order valence-corrected chi connectivity index (χ3v) is 2.65. The van der Waals surface area contributed by atoms with Crippen molar-refractivity contribution >= 4 is 21.8 Å². The van der Waals surface area contributed by atoms with Crippen LogP contribution in [0.15, 0.2) is 22.7 Å². The molecule has 0 saturated carbocycles. The zero-order valence-electron chi connectivity index (χ0n) is 10.1. The highest BCUT2D eigenvalue weighted by atomic mass is 79.9. The van der Waals surface area contributed by atoms with Crippen LogP contribution in [0.3, 0.4) is 0 Å². The molecular weight excluding hydrogens is 286 g/mol. The molecule has 1 aromatic rings. The Balaban J connectivity index is 2.89. The van der Waals surface area contributed by atoms with E-state index in [1.807, 2.05) is 0 Å². The molecule has 0 radical (unpaired) electrons. The third kappa shape index (κ3) is 4.02. The van der Waals surface area contributed by atoms with Gasteiger partial charge in [0.1, 0.15) is 5.75 Å². The summed E-state index contributed by atoms with van der Waals surface area (Å²) in [6.45, 7) is 3.44. The molecule has 0 bridgehead atoms. The minimum atomic E-state index is -0.963. The first-order valence-corrected chi connectivity index (χ1v) is 5.96. The molecule has 0 spiro atoms. The normalized spacial score (nSPS) is 11.4. The summed E-state index contributed by atoms with van der Waals surface area (Å²) >= 11 is 3.21. The van der Waals surface area contributed by atoms with E-state index in [1.165, 1.54) is 11.0 Å². The Kier molecular flexibility index (Phi) is 4.16. The average molecular weight is 302 g/mol. The molecule has 1 rings (SSSR count). The Labute approximate surface area is 109 Å². The molecule has 5 heteroatoms. The first-order valence-electron chi connectivity index (χ1n) is 5.17. The highest BCUT2D eigenvalue weighted by molar-refractivity contribution is 9.10. The molecule has 0 saturated heterocycles. The number of benzene rings is 1. The summed E-state index contributed by atoms with van der Waals surface area (Å²) in [4.78, 5) is 13.4. The van der Waals surface area contributed by atoms with Crippen LogP contribution in [0.2, 0.25) is 0 Å². The van der Waals surface area contributed by atoms with Crippen LogP contribution < -0.4 is 0 Å². The fraction of sp³-hybridized carbons (Fsp3) is 0.417. The molecule has 0 unspecified atom stereocenters. The monoisotopic (exact) mass is 301 g/mol. The number of hydrogen-bond acceptors (Lipinski definition) is 3. The first kappa shape index (κ1) is 14.0. The van der Waals surface area contributed by atoms with E-state index in [2.05, 4.69) is 15.9 Å². The van der Waals surface area contributed by atoms with E-state index in [1.54, 1.807) is 33.0 Å². The lowest BCUT2D eigenvalue weighted by molar-refractivity contribution is 0.0366. The highest BCUT2D eigenvalue weighted by Crippen LogP contribution is 2.23. The molecule has 0 aromatic heterocycles. The van der Waals surface area contributed by atoms with Gasteiger partial charge in [0.05, 0.1) is 11.2 Å². The number of nitrogens with zero attached hydrogens (tertiary/aromatic N) is 1. The number of halogens is 1. The van der Waals surface area contributed by atoms with Crippen LogP contribution in [0.5, 0.6) is 5.75 Å². The lowest BCUT2D eigenvalue weighted by atomic mass is 10.1. The van der Waals surface area contributed by atoms with Crippen LogP contribution in [0.1, 0.15) is 24.2 Å². The molecule has 94 valence electrons. The third-order valence-electron chi connectivity index (χ3n) is 2.16. The van der Waals surface area contributed by atoms with Crippen LogP contribution in [0.4, 0.5) is 0 Å². The molecule has 0 aliphatic heterocycles. The maximum absolute atomic E-state index is 12.0. The Morgan fingerprint density at radius 2 is 2.06 bits per heavy atom. The van der Waals surface area contributed by atoms with Gasteiger partial charge in [-0.25, -0.2) is 0 Å². The molecular formula is C12H16BrNO3. The molecule has 1 amide bonds. The minimum Gasteiger partial charge on any atom is -0.507 e. The SMILES string of the molecule is CN(CC(C)(C)O)C(=O)c1ccc(Br)cc1O. The van der Waals surface area contributed by atoms with Gasteiger partial charge < -0.3 is 15.1 Å². The van der Waals surface area contributed by atoms with Gasteiger partial charge in [0, 0.05) is 18.1 Å². The molecule has 0 fully saturated rings. The van der Waals surface area contributed by atoms with Crippen LogP contribution in [-0.2, 0) is 0 Å². The number of carbonyl (C=O) groups is 1. The van der Waals surface area contributed by atoms with Gasteiger partial charge >= 0.3 is 0 Å². The van der Waals surface area contributed by atoms with Gasteiger partial charge in [-0.3, -0.25) is 4.79 Å². The van der Waals surface area contributed by atoms with Crippen molar-refractivity contribution in [1.82, 2.24) is 4.90 Å². The van der Waals surface area contributed by atoms with E-state index in [9.17, 15) is 15.0 Å². The largest absolute Gasteiger partial charge is 0.507 e. The predicted molar refractivity (Wildman–Crippen MR) is 69.1 cm³/mol. The van der Waals surface area contributed by atoms with Gasteiger partial charge in [0.2, 0.25) is 0 Å². The van der Waals surface area contributed by atoms with E-state index >= 15 is 0 Å². The summed E-state index contributed by atoms with van der Waals surface area (Å²) in [5, 5.41) is 19.3. The summed E-state index contributed by atoms with van der Waals surface area (Å²) in [6.07, 6.45) is 0. The molecule has 4 nitrogen and oxygen atoms in total. The van der Waals surface area contributed by atoms with E-state index < -0.39 is 5.60 Å². The van der Waals surface area contributed by atoms with Crippen LogP contribution >= 0.6 is 15.9 Å². The molecule has 0 aliphatic carbocycles. The lowest BCUT2D eigenvalue weighted by Gasteiger charge is -2.25. The Morgan fingerprint density at radius 1 is 1.47 bits per heavy atom. The first-order chi connectivity index (χ1) is 7.70. The summed E-state index contributed by atoms with van der Waals surface area (Å²) in [5.74, 6) is -0.399. The van der Waals surface area contributed by atoms with Gasteiger partial charge in [-0.2, -0.15) is 0 Å². The van der Waals surface area contributed by atoms with E-state index in [4.69, 9.17) is 0 Å². The van der Waals surface area contributed by atoms with Gasteiger partial charge in [-0.15, -0.1) is 0 Å². The fourth-order valence-corrected chi connectivity index (χ4v) is 1.89. The predicted octanol–water partition coefficient (Wildman–Crippen LogP) is 2.00. The smallest absolute Gasteiger partial charge is 0.257 e. The van der Waals surface area contributed by atoms with Crippen molar-refractivity contribution < 1.29 is 15.0 Å². The number of aliphatic hydroxyl groups is 1. The summed E-state index contributed by atoms with van der Waals surface area (Å²) in [6, 6.07) is 4.69. The minimum absolute atomic E-state index is 0.0769. The molecule has 0 aliphatic rings. The summed E-state index contributed by atoms with van der Waals surface area (Å²) < 4.78 is 0.705. The fourth-order valence-electron chi connectivity index (χ4n) is 1.54. The number of amides is 1. The number of phenolic OH excluding ortho intramolecular Hbond substituents is 1. The second-order valence-electron chi connectivity index (χ2n) is 4.64. The standard InChI is InChI=1S/C12H16BrNO3/c1-12(2,17)7-14(3)11(16)9-5-4-8(13)6-10(9)15/h4-6,15,17H,7H2,1-3H3. The maximum atomic E-state index is 12.0. The molecule has 1 aromatic carbocycles. The van der Waals surface area contributed by atoms with Crippen LogP contribution in [-0.4, -0.2) is 40.2 Å². The highest BCUT2D eigenvalue weighted by Gasteiger charge is 2.22. The summed E-state index contributed by atoms with van der Waals surface area (Å²) in [5.41, 5.74) is -0.741. The molecule has 17 heavy (non-hydrogen) atoms. The van der Waals surface area contributed by atoms with Crippen molar-refractivity contribution in [3.63, 3.8) is 0 Å². The van der Waals surface area contributed by atoms with Gasteiger partial charge in [-0.1, -0.05) is 15.9 Å². The Morgan fingerprint density at radius 3 is 2.53 bits per heavy atom. The number of phenols is 1. The van der Waals surface area contributed by atoms with Crippen molar-refractivity contribution in [3.05, 3.63) is 28.2 Å². The van der Waals surface area contributed by atoms with E-state index in [0.717, 1.165) is 0 Å². The quantitative estimate of drug-likeness (QED) is 0.898. The average Bonchev–Trinajstić information content (AvgIpc) is 2.14. The lowest BCUT2D eigenvalue weighted by Crippen LogP contribution is -2.39. The molecule has 0 atom stereocenters. The Bertz CT molecular complexity index is 426. The number of hydrogen-bond donors (Lipinski definition) is 2. The summed E-state index contributed by atoms with van der Waals surface area (Å²) in [7, 11) is 1.59. The van der Waals surface area contributed by atoms with Crippen molar-refractivity contribution in [3.8, 4) is 5.75 Å². The Hall–Kier alpha value is -1.07. The van der Waals surface area contributed by atoms with Crippen molar-refractivity contribution in [2.75, 3.05) is 13.6 Å². The zero-order valence-corrected chi connectivity index (χ0v) is 11.7. The van der Waals surface area contributed by atoms with Crippen molar-refractivity contribution in [2.24, 2.45) is 0 Å². The van der Waals surface area contributed by atoms with Gasteiger partial charge in [0.25, 0.3) is 5.91 Å². The molecule has 0 heterocycles. The van der Waals surface area contributed by atoms with Gasteiger partial charge in [-0.05, 0) is 32.0 Å². The zero-order chi connectivity index (χ0) is 13.2. The van der Waals surface area contributed by atoms with Crippen LogP contribution in [0, 0.1) is 0 Å². The van der Waals surface area contributed by atoms with Gasteiger partial charge in [0.15, 0.2) is 0 Å². The molecule has 2 N–H and O–H groups in total. The maximum Gasteiger partial charge on any atom is 0.257 e. The number of aromatic hydroxyl groups is 1. The van der Waals surface area contributed by atoms with E-state index in [-0.39, 0.29) is 23.8 Å². The second-order valence-corrected chi connectivity index (χ2v) is 5.55. The topological polar surface area (TPSA) is 60.8 Å². The number of carbonyl (C=O) groups excluding carboxylic acids is 1. The second kappa shape index (κ2) is 5.06. The number of rotatable bonds is 3. The van der Waals surface area contributed by atoms with Crippen molar-refractivity contribution in [1.29, 1.82) is 0 Å². The van der Waals surface area contributed by atoms with E-state index in [0.29, 0.717) is 4.47 Å². The van der Waals surface area contributed by atoms with Crippen LogP contribution in [0.25, 0.3) is 0 Å². The van der Waals surface area contributed by atoms with Crippen molar-refractivity contribution in [2.45, 2.75) is 19.4 Å². The number of likely N-dealkylation sites (N-methyl/N-ethyl adjacent to an activating group) is 1.